The molecule has 1 unspecified atom stereocenters. The molecule has 0 bridgehead atoms. The van der Waals surface area contributed by atoms with Crippen LogP contribution >= 0.6 is 0 Å². The first kappa shape index (κ1) is 22.6. The summed E-state index contributed by atoms with van der Waals surface area (Å²) in [6.45, 7) is 0.527. The molecule has 5 heteroatoms. The number of rotatable bonds is 10. The summed E-state index contributed by atoms with van der Waals surface area (Å²) >= 11 is 0. The van der Waals surface area contributed by atoms with Crippen molar-refractivity contribution in [1.29, 1.82) is 0 Å². The number of ether oxygens (including phenoxy) is 1. The Labute approximate surface area is 173 Å². The molecule has 1 fully saturated rings. The second-order valence-electron chi connectivity index (χ2n) is 7.29. The molecule has 2 rings (SSSR count). The van der Waals surface area contributed by atoms with E-state index in [-0.39, 0.29) is 23.7 Å². The van der Waals surface area contributed by atoms with Gasteiger partial charge in [0, 0.05) is 25.8 Å². The molecule has 1 heterocycles. The van der Waals surface area contributed by atoms with E-state index in [0.29, 0.717) is 25.8 Å². The number of amides is 1. The highest BCUT2D eigenvalue weighted by molar-refractivity contribution is 5.91. The van der Waals surface area contributed by atoms with E-state index in [4.69, 9.17) is 0 Å². The van der Waals surface area contributed by atoms with Gasteiger partial charge in [-0.15, -0.1) is 0 Å². The van der Waals surface area contributed by atoms with Crippen LogP contribution in [0, 0.1) is 0 Å². The van der Waals surface area contributed by atoms with Crippen LogP contribution in [-0.4, -0.2) is 42.3 Å². The van der Waals surface area contributed by atoms with Gasteiger partial charge in [-0.3, -0.25) is 14.4 Å². The number of nitrogens with zero attached hydrogens (tertiary/aromatic N) is 1. The summed E-state index contributed by atoms with van der Waals surface area (Å²) in [5.74, 6) is -0.0236. The predicted octanol–water partition coefficient (Wildman–Crippen LogP) is 4.03. The predicted molar refractivity (Wildman–Crippen MR) is 113 cm³/mol. The zero-order valence-electron chi connectivity index (χ0n) is 17.2. The summed E-state index contributed by atoms with van der Waals surface area (Å²) in [6.07, 6.45) is 13.1. The Bertz CT molecular complexity index is 724. The van der Waals surface area contributed by atoms with E-state index in [1.165, 1.54) is 7.11 Å². The number of esters is 1. The number of carbonyl (C=O) groups is 3. The molecule has 1 aromatic rings. The van der Waals surface area contributed by atoms with Crippen LogP contribution in [0.3, 0.4) is 0 Å². The molecule has 0 aromatic heterocycles. The molecule has 0 saturated carbocycles. The summed E-state index contributed by atoms with van der Waals surface area (Å²) in [5, 5.41) is 0. The van der Waals surface area contributed by atoms with Gasteiger partial charge in [0.2, 0.25) is 5.91 Å². The summed E-state index contributed by atoms with van der Waals surface area (Å²) in [5.41, 5.74) is 0.992. The number of benzene rings is 1. The highest BCUT2D eigenvalue weighted by Crippen LogP contribution is 2.19. The molecule has 1 amide bonds. The van der Waals surface area contributed by atoms with Crippen molar-refractivity contribution >= 4 is 17.7 Å². The maximum Gasteiger partial charge on any atom is 0.305 e. The topological polar surface area (TPSA) is 63.7 Å². The van der Waals surface area contributed by atoms with Crippen LogP contribution in [0.5, 0.6) is 0 Å². The number of ketones is 1. The number of allylic oxidation sites excluding steroid dienone is 2. The molecule has 0 radical (unpaired) electrons. The quantitative estimate of drug-likeness (QED) is 0.259. The maximum atomic E-state index is 12.5. The lowest BCUT2D eigenvalue weighted by Gasteiger charge is -2.26. The van der Waals surface area contributed by atoms with Gasteiger partial charge in [0.25, 0.3) is 0 Å². The third-order valence-corrected chi connectivity index (χ3v) is 5.03. The van der Waals surface area contributed by atoms with Crippen LogP contribution in [0.2, 0.25) is 0 Å². The van der Waals surface area contributed by atoms with Gasteiger partial charge in [0.15, 0.2) is 5.78 Å². The lowest BCUT2D eigenvalue weighted by molar-refractivity contribution is -0.140. The maximum absolute atomic E-state index is 12.5. The average Bonchev–Trinajstić information content (AvgIpc) is 2.90. The first-order chi connectivity index (χ1) is 14.1. The van der Waals surface area contributed by atoms with Gasteiger partial charge >= 0.3 is 5.97 Å². The Morgan fingerprint density at radius 1 is 1.17 bits per heavy atom. The van der Waals surface area contributed by atoms with E-state index < -0.39 is 0 Å². The first-order valence-electron chi connectivity index (χ1n) is 10.4. The highest BCUT2D eigenvalue weighted by atomic mass is 16.5. The summed E-state index contributed by atoms with van der Waals surface area (Å²) in [6, 6.07) is 9.62. The van der Waals surface area contributed by atoms with Gasteiger partial charge in [-0.25, -0.2) is 0 Å². The zero-order chi connectivity index (χ0) is 20.9. The lowest BCUT2D eigenvalue weighted by atomic mass is 10.1. The van der Waals surface area contributed by atoms with Crippen LogP contribution in [-0.2, 0) is 25.5 Å². The van der Waals surface area contributed by atoms with Crippen molar-refractivity contribution in [3.05, 3.63) is 60.2 Å². The van der Waals surface area contributed by atoms with E-state index in [2.05, 4.69) is 4.74 Å². The number of hydrogen-bond donors (Lipinski definition) is 0. The lowest BCUT2D eigenvalue weighted by Crippen LogP contribution is -2.38. The van der Waals surface area contributed by atoms with Crippen LogP contribution in [0.1, 0.15) is 50.5 Å². The van der Waals surface area contributed by atoms with E-state index in [1.54, 1.807) is 6.08 Å². The minimum Gasteiger partial charge on any atom is -0.469 e. The molecule has 5 nitrogen and oxygen atoms in total. The first-order valence-corrected chi connectivity index (χ1v) is 10.4. The van der Waals surface area contributed by atoms with Crippen molar-refractivity contribution in [1.82, 2.24) is 4.90 Å². The molecular weight excluding hydrogens is 366 g/mol. The molecule has 156 valence electrons. The fraction of sp³-hybridized carbons (Fsp3) is 0.458. The number of unbranched alkanes of at least 4 members (excludes halogenated alkanes) is 1. The van der Waals surface area contributed by atoms with Crippen molar-refractivity contribution in [2.75, 3.05) is 13.7 Å². The highest BCUT2D eigenvalue weighted by Gasteiger charge is 2.23. The van der Waals surface area contributed by atoms with Crippen LogP contribution in [0.25, 0.3) is 0 Å². The fourth-order valence-electron chi connectivity index (χ4n) is 3.40. The van der Waals surface area contributed by atoms with Gasteiger partial charge in [0.05, 0.1) is 13.2 Å². The average molecular weight is 398 g/mol. The monoisotopic (exact) mass is 397 g/mol. The Kier molecular flexibility index (Phi) is 9.90. The molecule has 0 aliphatic carbocycles. The van der Waals surface area contributed by atoms with Crippen LogP contribution in [0.15, 0.2) is 54.6 Å². The van der Waals surface area contributed by atoms with Crippen molar-refractivity contribution < 1.29 is 19.1 Å². The molecule has 1 aliphatic rings. The van der Waals surface area contributed by atoms with Gasteiger partial charge in [-0.2, -0.15) is 0 Å². The summed E-state index contributed by atoms with van der Waals surface area (Å²) < 4.78 is 4.63. The van der Waals surface area contributed by atoms with Gasteiger partial charge in [0.1, 0.15) is 0 Å². The molecule has 1 atom stereocenters. The van der Waals surface area contributed by atoms with Crippen molar-refractivity contribution in [3.8, 4) is 0 Å². The van der Waals surface area contributed by atoms with Gasteiger partial charge in [-0.05, 0) is 37.3 Å². The van der Waals surface area contributed by atoms with Crippen molar-refractivity contribution in [2.24, 2.45) is 0 Å². The summed E-state index contributed by atoms with van der Waals surface area (Å²) in [4.78, 5) is 37.8. The molecule has 1 aromatic carbocycles. The molecule has 1 saturated heterocycles. The number of carbonyl (C=O) groups excluding carboxylic acids is 3. The zero-order valence-corrected chi connectivity index (χ0v) is 17.2. The SMILES string of the molecule is COC(=O)CCC/C=C\CN1C(=O)CCCCC1C=CC(=O)Cc1ccccc1. The molecule has 0 spiro atoms. The summed E-state index contributed by atoms with van der Waals surface area (Å²) in [7, 11) is 1.39. The smallest absolute Gasteiger partial charge is 0.305 e. The van der Waals surface area contributed by atoms with E-state index in [0.717, 1.165) is 37.7 Å². The third kappa shape index (κ3) is 8.46. The fourth-order valence-corrected chi connectivity index (χ4v) is 3.40. The van der Waals surface area contributed by atoms with Crippen LogP contribution in [0.4, 0.5) is 0 Å². The van der Waals surface area contributed by atoms with E-state index in [1.807, 2.05) is 53.5 Å². The van der Waals surface area contributed by atoms with Gasteiger partial charge < -0.3 is 9.64 Å². The van der Waals surface area contributed by atoms with E-state index in [9.17, 15) is 14.4 Å². The number of hydrogen-bond acceptors (Lipinski definition) is 4. The second-order valence-corrected chi connectivity index (χ2v) is 7.29. The largest absolute Gasteiger partial charge is 0.469 e. The number of methoxy groups -OCH3 is 1. The standard InChI is InChI=1S/C24H31NO4/c1-29-24(28)15-7-2-3-10-18-25-21(13-8-9-14-23(25)27)16-17-22(26)19-20-11-5-4-6-12-20/h3-6,10-12,16-17,21H,2,7-9,13-15,18-19H2,1H3/b10-3-,17-16?. The Morgan fingerprint density at radius 2 is 1.97 bits per heavy atom. The Hall–Kier alpha value is -2.69. The van der Waals surface area contributed by atoms with E-state index >= 15 is 0 Å². The molecular formula is C24H31NO4. The minimum absolute atomic E-state index is 0.0474. The van der Waals surface area contributed by atoms with Crippen molar-refractivity contribution in [2.45, 2.75) is 57.4 Å². The number of likely N-dealkylation sites (tertiary alicyclic amines) is 1. The second kappa shape index (κ2) is 12.7. The minimum atomic E-state index is -0.202. The normalized spacial score (nSPS) is 17.6. The van der Waals surface area contributed by atoms with Crippen molar-refractivity contribution in [3.63, 3.8) is 0 Å². The van der Waals surface area contributed by atoms with Crippen LogP contribution < -0.4 is 0 Å². The Morgan fingerprint density at radius 3 is 2.72 bits per heavy atom. The molecule has 0 N–H and O–H groups in total. The third-order valence-electron chi connectivity index (χ3n) is 5.03. The molecule has 29 heavy (non-hydrogen) atoms. The molecule has 1 aliphatic heterocycles. The van der Waals surface area contributed by atoms with Gasteiger partial charge in [-0.1, -0.05) is 55.0 Å². The Balaban J connectivity index is 1.89.